The zero-order valence-electron chi connectivity index (χ0n) is 12.4. The molecule has 22 heavy (non-hydrogen) atoms. The molecule has 0 aromatic heterocycles. The van der Waals surface area contributed by atoms with E-state index >= 15 is 0 Å². The van der Waals surface area contributed by atoms with Crippen LogP contribution in [0.3, 0.4) is 0 Å². The first-order chi connectivity index (χ1) is 10.7. The first-order valence-electron chi connectivity index (χ1n) is 7.19. The zero-order valence-corrected chi connectivity index (χ0v) is 13.2. The van der Waals surface area contributed by atoms with E-state index in [1.54, 1.807) is 12.1 Å². The molecule has 2 aromatic carbocycles. The van der Waals surface area contributed by atoms with Gasteiger partial charge in [-0.1, -0.05) is 36.7 Å². The average molecular weight is 319 g/mol. The molecule has 0 spiro atoms. The van der Waals surface area contributed by atoms with E-state index in [9.17, 15) is 4.79 Å². The molecule has 0 aliphatic heterocycles. The van der Waals surface area contributed by atoms with Crippen LogP contribution in [0, 0.1) is 0 Å². The second-order valence-corrected chi connectivity index (χ2v) is 5.17. The third kappa shape index (κ3) is 5.30. The van der Waals surface area contributed by atoms with E-state index in [0.29, 0.717) is 23.9 Å². The molecule has 0 saturated heterocycles. The van der Waals surface area contributed by atoms with Crippen LogP contribution < -0.4 is 15.4 Å². The number of nitrogens with one attached hydrogen (secondary N) is 2. The zero-order chi connectivity index (χ0) is 15.8. The molecule has 5 heteroatoms. The van der Waals surface area contributed by atoms with Crippen LogP contribution in [0.25, 0.3) is 0 Å². The normalized spacial score (nSPS) is 10.1. The lowest BCUT2D eigenvalue weighted by Gasteiger charge is -2.09. The van der Waals surface area contributed by atoms with E-state index in [1.165, 1.54) is 5.56 Å². The molecule has 0 bridgehead atoms. The Morgan fingerprint density at radius 2 is 1.95 bits per heavy atom. The highest BCUT2D eigenvalue weighted by Gasteiger charge is 2.01. The van der Waals surface area contributed by atoms with E-state index in [1.807, 2.05) is 36.4 Å². The molecule has 0 aliphatic carbocycles. The SMILES string of the molecule is CCc1ccc(NC(=O)NCCOc2cccc(Cl)c2)cc1. The maximum absolute atomic E-state index is 11.7. The number of anilines is 1. The molecule has 4 nitrogen and oxygen atoms in total. The van der Waals surface area contributed by atoms with Crippen LogP contribution in [0.4, 0.5) is 10.5 Å². The second-order valence-electron chi connectivity index (χ2n) is 4.74. The molecule has 2 amide bonds. The smallest absolute Gasteiger partial charge is 0.319 e. The van der Waals surface area contributed by atoms with Gasteiger partial charge >= 0.3 is 6.03 Å². The Kier molecular flexibility index (Phi) is 6.10. The minimum absolute atomic E-state index is 0.251. The van der Waals surface area contributed by atoms with Gasteiger partial charge in [0.2, 0.25) is 0 Å². The molecule has 0 atom stereocenters. The Hall–Kier alpha value is -2.20. The van der Waals surface area contributed by atoms with E-state index in [-0.39, 0.29) is 6.03 Å². The lowest BCUT2D eigenvalue weighted by Crippen LogP contribution is -2.32. The van der Waals surface area contributed by atoms with Gasteiger partial charge in [-0.3, -0.25) is 0 Å². The topological polar surface area (TPSA) is 50.4 Å². The summed E-state index contributed by atoms with van der Waals surface area (Å²) in [5.41, 5.74) is 2.01. The average Bonchev–Trinajstić information content (AvgIpc) is 2.52. The molecule has 2 aromatic rings. The van der Waals surface area contributed by atoms with Gasteiger partial charge in [0, 0.05) is 10.7 Å². The highest BCUT2D eigenvalue weighted by atomic mass is 35.5. The van der Waals surface area contributed by atoms with E-state index in [4.69, 9.17) is 16.3 Å². The van der Waals surface area contributed by atoms with E-state index in [2.05, 4.69) is 17.6 Å². The fraction of sp³-hybridized carbons (Fsp3) is 0.235. The predicted octanol–water partition coefficient (Wildman–Crippen LogP) is 4.10. The summed E-state index contributed by atoms with van der Waals surface area (Å²) in [5.74, 6) is 0.685. The first-order valence-corrected chi connectivity index (χ1v) is 7.57. The standard InChI is InChI=1S/C17H19ClN2O2/c1-2-13-6-8-15(9-7-13)20-17(21)19-10-11-22-16-5-3-4-14(18)12-16/h3-9,12H,2,10-11H2,1H3,(H2,19,20,21). The summed E-state index contributed by atoms with van der Waals surface area (Å²) in [7, 11) is 0. The van der Waals surface area contributed by atoms with Gasteiger partial charge in [0.25, 0.3) is 0 Å². The number of carbonyl (C=O) groups is 1. The maximum atomic E-state index is 11.7. The van der Waals surface area contributed by atoms with E-state index < -0.39 is 0 Å². The van der Waals surface area contributed by atoms with Crippen LogP contribution in [0.2, 0.25) is 5.02 Å². The van der Waals surface area contributed by atoms with Crippen LogP contribution in [0.15, 0.2) is 48.5 Å². The van der Waals surface area contributed by atoms with Gasteiger partial charge in [-0.2, -0.15) is 0 Å². The highest BCUT2D eigenvalue weighted by molar-refractivity contribution is 6.30. The van der Waals surface area contributed by atoms with Gasteiger partial charge in [-0.05, 0) is 42.3 Å². The summed E-state index contributed by atoms with van der Waals surface area (Å²) in [6.07, 6.45) is 0.979. The van der Waals surface area contributed by atoms with Crippen LogP contribution in [0.1, 0.15) is 12.5 Å². The Balaban J connectivity index is 1.69. The minimum Gasteiger partial charge on any atom is -0.492 e. The van der Waals surface area contributed by atoms with Crippen molar-refractivity contribution < 1.29 is 9.53 Å². The minimum atomic E-state index is -0.251. The van der Waals surface area contributed by atoms with Crippen LogP contribution in [-0.2, 0) is 6.42 Å². The number of urea groups is 1. The third-order valence-electron chi connectivity index (χ3n) is 3.07. The van der Waals surface area contributed by atoms with Gasteiger partial charge in [0.15, 0.2) is 0 Å². The number of carbonyl (C=O) groups excluding carboxylic acids is 1. The summed E-state index contributed by atoms with van der Waals surface area (Å²) < 4.78 is 5.49. The Morgan fingerprint density at radius 3 is 2.64 bits per heavy atom. The second kappa shape index (κ2) is 8.29. The Labute approximate surface area is 135 Å². The van der Waals surface area contributed by atoms with Gasteiger partial charge in [-0.15, -0.1) is 0 Å². The number of amides is 2. The van der Waals surface area contributed by atoms with Crippen molar-refractivity contribution in [1.82, 2.24) is 5.32 Å². The molecule has 0 unspecified atom stereocenters. The fourth-order valence-electron chi connectivity index (χ4n) is 1.89. The molecule has 0 fully saturated rings. The Morgan fingerprint density at radius 1 is 1.18 bits per heavy atom. The first kappa shape index (κ1) is 16.2. The monoisotopic (exact) mass is 318 g/mol. The number of hydrogen-bond acceptors (Lipinski definition) is 2. The highest BCUT2D eigenvalue weighted by Crippen LogP contribution is 2.16. The summed E-state index contributed by atoms with van der Waals surface area (Å²) in [4.78, 5) is 11.7. The third-order valence-corrected chi connectivity index (χ3v) is 3.31. The molecule has 0 aliphatic rings. The van der Waals surface area contributed by atoms with Gasteiger partial charge < -0.3 is 15.4 Å². The predicted molar refractivity (Wildman–Crippen MR) is 89.8 cm³/mol. The van der Waals surface area contributed by atoms with Crippen molar-refractivity contribution in [2.24, 2.45) is 0 Å². The quantitative estimate of drug-likeness (QED) is 0.788. The van der Waals surface area contributed by atoms with Crippen molar-refractivity contribution in [1.29, 1.82) is 0 Å². The molecular weight excluding hydrogens is 300 g/mol. The van der Waals surface area contributed by atoms with Gasteiger partial charge in [0.1, 0.15) is 12.4 Å². The van der Waals surface area contributed by atoms with Crippen molar-refractivity contribution in [2.45, 2.75) is 13.3 Å². The van der Waals surface area contributed by atoms with Crippen molar-refractivity contribution in [3.05, 3.63) is 59.1 Å². The largest absolute Gasteiger partial charge is 0.492 e. The van der Waals surface area contributed by atoms with Gasteiger partial charge in [0.05, 0.1) is 6.54 Å². The van der Waals surface area contributed by atoms with Crippen molar-refractivity contribution in [3.63, 3.8) is 0 Å². The lowest BCUT2D eigenvalue weighted by atomic mass is 10.1. The molecule has 116 valence electrons. The molecule has 0 radical (unpaired) electrons. The number of hydrogen-bond donors (Lipinski definition) is 2. The Bertz CT molecular complexity index is 614. The summed E-state index contributed by atoms with van der Waals surface area (Å²) in [5, 5.41) is 6.13. The van der Waals surface area contributed by atoms with E-state index in [0.717, 1.165) is 12.1 Å². The lowest BCUT2D eigenvalue weighted by molar-refractivity contribution is 0.247. The van der Waals surface area contributed by atoms with Crippen molar-refractivity contribution >= 4 is 23.3 Å². The fourth-order valence-corrected chi connectivity index (χ4v) is 2.07. The van der Waals surface area contributed by atoms with Crippen LogP contribution in [-0.4, -0.2) is 19.2 Å². The van der Waals surface area contributed by atoms with Crippen LogP contribution >= 0.6 is 11.6 Å². The number of aryl methyl sites for hydroxylation is 1. The molecule has 0 saturated carbocycles. The molecule has 2 rings (SSSR count). The summed E-state index contributed by atoms with van der Waals surface area (Å²) in [6, 6.07) is 14.7. The molecule has 0 heterocycles. The summed E-state index contributed by atoms with van der Waals surface area (Å²) in [6.45, 7) is 2.88. The molecular formula is C17H19ClN2O2. The van der Waals surface area contributed by atoms with Crippen molar-refractivity contribution in [3.8, 4) is 5.75 Å². The summed E-state index contributed by atoms with van der Waals surface area (Å²) >= 11 is 5.86. The molecule has 2 N–H and O–H groups in total. The number of rotatable bonds is 6. The van der Waals surface area contributed by atoms with Crippen molar-refractivity contribution in [2.75, 3.05) is 18.5 Å². The maximum Gasteiger partial charge on any atom is 0.319 e. The number of benzene rings is 2. The van der Waals surface area contributed by atoms with Crippen LogP contribution in [0.5, 0.6) is 5.75 Å². The van der Waals surface area contributed by atoms with Gasteiger partial charge in [-0.25, -0.2) is 4.79 Å². The number of ether oxygens (including phenoxy) is 1. The number of halogens is 1.